The molecule has 0 spiro atoms. The predicted octanol–water partition coefficient (Wildman–Crippen LogP) is 1.11. The van der Waals surface area contributed by atoms with Crippen LogP contribution in [0, 0.1) is 0 Å². The summed E-state index contributed by atoms with van der Waals surface area (Å²) in [5, 5.41) is 2.12. The van der Waals surface area contributed by atoms with Crippen LogP contribution in [-0.2, 0) is 21.4 Å². The molecule has 0 bridgehead atoms. The van der Waals surface area contributed by atoms with E-state index in [0.717, 1.165) is 0 Å². The molecule has 136 valence electrons. The number of carbonyl (C=O) groups is 4. The molecular formula is C18H18N2O6. The highest BCUT2D eigenvalue weighted by atomic mass is 16.6. The van der Waals surface area contributed by atoms with Crippen molar-refractivity contribution in [2.45, 2.75) is 6.92 Å². The number of nitrogens with zero attached hydrogens (tertiary/aromatic N) is 1. The van der Waals surface area contributed by atoms with Crippen molar-refractivity contribution in [3.8, 4) is 5.75 Å². The Morgan fingerprint density at radius 1 is 1.08 bits per heavy atom. The highest BCUT2D eigenvalue weighted by Gasteiger charge is 2.14. The lowest BCUT2D eigenvalue weighted by Gasteiger charge is -2.08. The van der Waals surface area contributed by atoms with Gasteiger partial charge in [-0.25, -0.2) is 4.79 Å². The van der Waals surface area contributed by atoms with Crippen LogP contribution in [0.5, 0.6) is 5.75 Å². The SMILES string of the molecule is CC(=O)c1cccc(OCC(=O)OCC(=O)NC(=O)c2cccn2C)c1. The van der Waals surface area contributed by atoms with Crippen molar-refractivity contribution in [1.82, 2.24) is 9.88 Å². The number of aromatic nitrogens is 1. The quantitative estimate of drug-likeness (QED) is 0.587. The van der Waals surface area contributed by atoms with Gasteiger partial charge < -0.3 is 14.0 Å². The summed E-state index contributed by atoms with van der Waals surface area (Å²) < 4.78 is 11.5. The number of hydrogen-bond donors (Lipinski definition) is 1. The number of esters is 1. The predicted molar refractivity (Wildman–Crippen MR) is 90.8 cm³/mol. The van der Waals surface area contributed by atoms with Crippen molar-refractivity contribution in [2.75, 3.05) is 13.2 Å². The molecule has 1 heterocycles. The van der Waals surface area contributed by atoms with Crippen molar-refractivity contribution in [3.05, 3.63) is 53.9 Å². The van der Waals surface area contributed by atoms with E-state index in [0.29, 0.717) is 17.0 Å². The van der Waals surface area contributed by atoms with E-state index < -0.39 is 31.0 Å². The lowest BCUT2D eigenvalue weighted by molar-refractivity contribution is -0.150. The number of benzene rings is 1. The molecule has 0 fully saturated rings. The number of ether oxygens (including phenoxy) is 2. The van der Waals surface area contributed by atoms with E-state index >= 15 is 0 Å². The van der Waals surface area contributed by atoms with Gasteiger partial charge >= 0.3 is 5.97 Å². The standard InChI is InChI=1S/C18H18N2O6/c1-12(21)13-5-3-6-14(9-13)25-11-17(23)26-10-16(22)19-18(24)15-7-4-8-20(15)2/h3-9H,10-11H2,1-2H3,(H,19,22,24). The van der Waals surface area contributed by atoms with Crippen molar-refractivity contribution < 1.29 is 28.7 Å². The zero-order chi connectivity index (χ0) is 19.1. The molecule has 0 aliphatic heterocycles. The molecule has 26 heavy (non-hydrogen) atoms. The molecule has 1 aromatic carbocycles. The zero-order valence-corrected chi connectivity index (χ0v) is 14.4. The molecule has 0 atom stereocenters. The van der Waals surface area contributed by atoms with Crippen LogP contribution < -0.4 is 10.1 Å². The van der Waals surface area contributed by atoms with E-state index in [1.54, 1.807) is 48.1 Å². The van der Waals surface area contributed by atoms with Crippen LogP contribution in [0.4, 0.5) is 0 Å². The van der Waals surface area contributed by atoms with E-state index in [1.807, 2.05) is 0 Å². The highest BCUT2D eigenvalue weighted by Crippen LogP contribution is 2.13. The first-order valence-corrected chi connectivity index (χ1v) is 7.71. The second-order valence-electron chi connectivity index (χ2n) is 5.42. The summed E-state index contributed by atoms with van der Waals surface area (Å²) in [6.45, 7) is 0.384. The molecule has 0 radical (unpaired) electrons. The summed E-state index contributed by atoms with van der Waals surface area (Å²) in [7, 11) is 1.66. The van der Waals surface area contributed by atoms with Crippen LogP contribution in [0.2, 0.25) is 0 Å². The van der Waals surface area contributed by atoms with Crippen LogP contribution in [0.25, 0.3) is 0 Å². The number of imide groups is 1. The first-order chi connectivity index (χ1) is 12.4. The first-order valence-electron chi connectivity index (χ1n) is 7.71. The maximum absolute atomic E-state index is 11.8. The number of carbonyl (C=O) groups excluding carboxylic acids is 4. The number of nitrogens with one attached hydrogen (secondary N) is 1. The molecule has 0 aliphatic rings. The molecule has 0 saturated heterocycles. The number of rotatable bonds is 7. The fourth-order valence-electron chi connectivity index (χ4n) is 2.06. The van der Waals surface area contributed by atoms with Gasteiger partial charge in [0.05, 0.1) is 0 Å². The Morgan fingerprint density at radius 2 is 1.85 bits per heavy atom. The fourth-order valence-corrected chi connectivity index (χ4v) is 2.06. The van der Waals surface area contributed by atoms with E-state index in [2.05, 4.69) is 5.32 Å². The van der Waals surface area contributed by atoms with Gasteiger partial charge in [-0.15, -0.1) is 0 Å². The zero-order valence-electron chi connectivity index (χ0n) is 14.4. The minimum Gasteiger partial charge on any atom is -0.482 e. The third-order valence-electron chi connectivity index (χ3n) is 3.39. The minimum absolute atomic E-state index is 0.127. The Hall–Kier alpha value is -3.42. The summed E-state index contributed by atoms with van der Waals surface area (Å²) >= 11 is 0. The summed E-state index contributed by atoms with van der Waals surface area (Å²) in [5.74, 6) is -1.91. The fraction of sp³-hybridized carbons (Fsp3) is 0.222. The Morgan fingerprint density at radius 3 is 2.50 bits per heavy atom. The van der Waals surface area contributed by atoms with Gasteiger partial charge in [0, 0.05) is 18.8 Å². The molecule has 1 aromatic heterocycles. The number of hydrogen-bond acceptors (Lipinski definition) is 6. The van der Waals surface area contributed by atoms with Gasteiger partial charge in [0.25, 0.3) is 11.8 Å². The second-order valence-corrected chi connectivity index (χ2v) is 5.42. The van der Waals surface area contributed by atoms with Crippen LogP contribution in [-0.4, -0.2) is 41.3 Å². The van der Waals surface area contributed by atoms with Gasteiger partial charge in [-0.1, -0.05) is 12.1 Å². The van der Waals surface area contributed by atoms with Crippen LogP contribution in [0.1, 0.15) is 27.8 Å². The van der Waals surface area contributed by atoms with E-state index in [-0.39, 0.29) is 5.78 Å². The van der Waals surface area contributed by atoms with Crippen molar-refractivity contribution in [2.24, 2.45) is 7.05 Å². The summed E-state index contributed by atoms with van der Waals surface area (Å²) in [6.07, 6.45) is 1.66. The molecule has 8 heteroatoms. The van der Waals surface area contributed by atoms with Crippen molar-refractivity contribution >= 4 is 23.6 Å². The van der Waals surface area contributed by atoms with Gasteiger partial charge in [-0.3, -0.25) is 19.7 Å². The summed E-state index contributed by atoms with van der Waals surface area (Å²) in [4.78, 5) is 46.4. The van der Waals surface area contributed by atoms with Crippen LogP contribution in [0.3, 0.4) is 0 Å². The average Bonchev–Trinajstić information content (AvgIpc) is 3.04. The van der Waals surface area contributed by atoms with E-state index in [1.165, 1.54) is 13.0 Å². The first kappa shape index (κ1) is 18.9. The Kier molecular flexibility index (Phi) is 6.26. The molecule has 2 amide bonds. The van der Waals surface area contributed by atoms with Crippen LogP contribution in [0.15, 0.2) is 42.6 Å². The molecule has 0 saturated carbocycles. The van der Waals surface area contributed by atoms with Crippen LogP contribution >= 0.6 is 0 Å². The van der Waals surface area contributed by atoms with Gasteiger partial charge in [0.2, 0.25) is 0 Å². The van der Waals surface area contributed by atoms with Gasteiger partial charge in [0.15, 0.2) is 19.0 Å². The third kappa shape index (κ3) is 5.30. The van der Waals surface area contributed by atoms with Gasteiger partial charge in [-0.2, -0.15) is 0 Å². The summed E-state index contributed by atoms with van der Waals surface area (Å²) in [5.41, 5.74) is 0.757. The monoisotopic (exact) mass is 358 g/mol. The molecular weight excluding hydrogens is 340 g/mol. The van der Waals surface area contributed by atoms with Crippen molar-refractivity contribution in [3.63, 3.8) is 0 Å². The Bertz CT molecular complexity index is 840. The van der Waals surface area contributed by atoms with E-state index in [9.17, 15) is 19.2 Å². The Balaban J connectivity index is 1.75. The lowest BCUT2D eigenvalue weighted by Crippen LogP contribution is -2.35. The third-order valence-corrected chi connectivity index (χ3v) is 3.39. The maximum Gasteiger partial charge on any atom is 0.344 e. The van der Waals surface area contributed by atoms with Gasteiger partial charge in [0.1, 0.15) is 11.4 Å². The normalized spacial score (nSPS) is 10.1. The van der Waals surface area contributed by atoms with E-state index in [4.69, 9.17) is 9.47 Å². The second kappa shape index (κ2) is 8.61. The number of Topliss-reactive ketones (excluding diaryl/α,β-unsaturated/α-hetero) is 1. The maximum atomic E-state index is 11.8. The largest absolute Gasteiger partial charge is 0.482 e. The molecule has 1 N–H and O–H groups in total. The molecule has 2 aromatic rings. The average molecular weight is 358 g/mol. The highest BCUT2D eigenvalue weighted by molar-refractivity contribution is 6.04. The Labute approximate surface area is 149 Å². The molecule has 0 aliphatic carbocycles. The number of aryl methyl sites for hydroxylation is 1. The van der Waals surface area contributed by atoms with Gasteiger partial charge in [-0.05, 0) is 31.2 Å². The number of ketones is 1. The topological polar surface area (TPSA) is 104 Å². The summed E-state index contributed by atoms with van der Waals surface area (Å²) in [6, 6.07) is 9.56. The smallest absolute Gasteiger partial charge is 0.344 e. The molecule has 2 rings (SSSR count). The minimum atomic E-state index is -0.778. The number of amides is 2. The van der Waals surface area contributed by atoms with Crippen molar-refractivity contribution in [1.29, 1.82) is 0 Å². The lowest BCUT2D eigenvalue weighted by atomic mass is 10.1. The molecule has 8 nitrogen and oxygen atoms in total. The molecule has 0 unspecified atom stereocenters.